The lowest BCUT2D eigenvalue weighted by atomic mass is 10.1. The molecule has 86 valence electrons. The number of hydrogen-bond acceptors (Lipinski definition) is 3. The normalized spacial score (nSPS) is 11.2. The van der Waals surface area contributed by atoms with E-state index in [2.05, 4.69) is 23.3 Å². The Bertz CT molecular complexity index is 642. The molecule has 0 spiro atoms. The number of nitrogen functional groups attached to an aromatic ring is 1. The Morgan fingerprint density at radius 2 is 1.94 bits per heavy atom. The minimum absolute atomic E-state index is 0.799. The van der Waals surface area contributed by atoms with Gasteiger partial charge in [0.05, 0.1) is 5.69 Å². The number of hydrogen-bond donors (Lipinski definition) is 1. The first-order valence-corrected chi connectivity index (χ1v) is 6.26. The number of nitrogens with two attached hydrogens (primary N) is 1. The molecule has 0 aliphatic heterocycles. The van der Waals surface area contributed by atoms with E-state index in [1.807, 2.05) is 30.8 Å². The lowest BCUT2D eigenvalue weighted by molar-refractivity contribution is 0.788. The summed E-state index contributed by atoms with van der Waals surface area (Å²) in [5, 5.41) is 5.65. The van der Waals surface area contributed by atoms with Crippen LogP contribution in [-0.4, -0.2) is 9.78 Å². The van der Waals surface area contributed by atoms with Crippen molar-refractivity contribution < 1.29 is 0 Å². The highest BCUT2D eigenvalue weighted by molar-refractivity contribution is 7.21. The minimum Gasteiger partial charge on any atom is -0.399 e. The van der Waals surface area contributed by atoms with E-state index in [4.69, 9.17) is 5.73 Å². The molecular formula is C13H13N3S. The quantitative estimate of drug-likeness (QED) is 0.667. The standard InChI is InChI=1S/C13H13N3S/c1-8-11-7-12(17-13(11)16(2)15-8)9-3-5-10(14)6-4-9/h3-7H,14H2,1-2H3. The van der Waals surface area contributed by atoms with Crippen molar-refractivity contribution in [2.24, 2.45) is 7.05 Å². The number of thiophene rings is 1. The topological polar surface area (TPSA) is 43.8 Å². The van der Waals surface area contributed by atoms with Gasteiger partial charge in [-0.15, -0.1) is 11.3 Å². The second-order valence-electron chi connectivity index (χ2n) is 4.16. The molecule has 0 amide bonds. The molecule has 2 heterocycles. The van der Waals surface area contributed by atoms with Gasteiger partial charge in [0.15, 0.2) is 0 Å². The highest BCUT2D eigenvalue weighted by Crippen LogP contribution is 2.34. The van der Waals surface area contributed by atoms with E-state index in [0.717, 1.165) is 11.4 Å². The smallest absolute Gasteiger partial charge is 0.121 e. The molecule has 2 aromatic heterocycles. The van der Waals surface area contributed by atoms with E-state index in [1.165, 1.54) is 20.7 Å². The molecule has 0 radical (unpaired) electrons. The molecular weight excluding hydrogens is 230 g/mol. The zero-order valence-electron chi connectivity index (χ0n) is 9.77. The summed E-state index contributed by atoms with van der Waals surface area (Å²) in [6, 6.07) is 10.2. The van der Waals surface area contributed by atoms with Crippen LogP contribution in [0.4, 0.5) is 5.69 Å². The Labute approximate surface area is 103 Å². The highest BCUT2D eigenvalue weighted by atomic mass is 32.1. The van der Waals surface area contributed by atoms with Gasteiger partial charge >= 0.3 is 0 Å². The molecule has 0 saturated heterocycles. The van der Waals surface area contributed by atoms with Crippen LogP contribution in [0.3, 0.4) is 0 Å². The van der Waals surface area contributed by atoms with Crippen LogP contribution in [0, 0.1) is 6.92 Å². The third kappa shape index (κ3) is 1.61. The van der Waals surface area contributed by atoms with Gasteiger partial charge in [-0.25, -0.2) is 0 Å². The van der Waals surface area contributed by atoms with E-state index in [1.54, 1.807) is 11.3 Å². The second-order valence-corrected chi connectivity index (χ2v) is 5.19. The third-order valence-corrected chi connectivity index (χ3v) is 4.14. The number of rotatable bonds is 1. The summed E-state index contributed by atoms with van der Waals surface area (Å²) in [4.78, 5) is 2.48. The van der Waals surface area contributed by atoms with Gasteiger partial charge in [0, 0.05) is 23.0 Å². The molecule has 4 heteroatoms. The largest absolute Gasteiger partial charge is 0.399 e. The molecule has 2 N–H and O–H groups in total. The van der Waals surface area contributed by atoms with Crippen LogP contribution in [0.2, 0.25) is 0 Å². The Balaban J connectivity index is 2.18. The summed E-state index contributed by atoms with van der Waals surface area (Å²) < 4.78 is 1.94. The molecule has 3 nitrogen and oxygen atoms in total. The Kier molecular flexibility index (Phi) is 2.19. The van der Waals surface area contributed by atoms with Crippen molar-refractivity contribution >= 4 is 27.2 Å². The fourth-order valence-electron chi connectivity index (χ4n) is 1.99. The van der Waals surface area contributed by atoms with Crippen molar-refractivity contribution in [2.45, 2.75) is 6.92 Å². The number of aryl methyl sites for hydroxylation is 2. The second kappa shape index (κ2) is 3.60. The molecule has 0 aliphatic rings. The van der Waals surface area contributed by atoms with Crippen molar-refractivity contribution in [1.82, 2.24) is 9.78 Å². The van der Waals surface area contributed by atoms with Gasteiger partial charge in [-0.3, -0.25) is 4.68 Å². The summed E-state index contributed by atoms with van der Waals surface area (Å²) in [6.07, 6.45) is 0. The molecule has 1 aromatic carbocycles. The molecule has 3 rings (SSSR count). The van der Waals surface area contributed by atoms with Gasteiger partial charge in [-0.05, 0) is 30.7 Å². The number of anilines is 1. The van der Waals surface area contributed by atoms with Gasteiger partial charge in [0.2, 0.25) is 0 Å². The van der Waals surface area contributed by atoms with Gasteiger partial charge < -0.3 is 5.73 Å². The Hall–Kier alpha value is -1.81. The fourth-order valence-corrected chi connectivity index (χ4v) is 3.12. The summed E-state index contributed by atoms with van der Waals surface area (Å²) in [7, 11) is 1.98. The van der Waals surface area contributed by atoms with Crippen LogP contribution in [0.1, 0.15) is 5.69 Å². The summed E-state index contributed by atoms with van der Waals surface area (Å²) in [5.74, 6) is 0. The van der Waals surface area contributed by atoms with Crippen LogP contribution in [0.5, 0.6) is 0 Å². The van der Waals surface area contributed by atoms with Gasteiger partial charge in [-0.2, -0.15) is 5.10 Å². The minimum atomic E-state index is 0.799. The molecule has 3 aromatic rings. The number of nitrogens with zero attached hydrogens (tertiary/aromatic N) is 2. The first-order valence-electron chi connectivity index (χ1n) is 5.44. The van der Waals surface area contributed by atoms with E-state index in [9.17, 15) is 0 Å². The Morgan fingerprint density at radius 1 is 1.24 bits per heavy atom. The maximum absolute atomic E-state index is 5.70. The monoisotopic (exact) mass is 243 g/mol. The molecule has 0 fully saturated rings. The van der Waals surface area contributed by atoms with Crippen LogP contribution in [-0.2, 0) is 7.05 Å². The summed E-state index contributed by atoms with van der Waals surface area (Å²) in [5.41, 5.74) is 8.79. The van der Waals surface area contributed by atoms with Gasteiger partial charge in [-0.1, -0.05) is 12.1 Å². The predicted molar refractivity (Wildman–Crippen MR) is 73.2 cm³/mol. The van der Waals surface area contributed by atoms with Crippen LogP contribution < -0.4 is 5.73 Å². The van der Waals surface area contributed by atoms with E-state index < -0.39 is 0 Å². The summed E-state index contributed by atoms with van der Waals surface area (Å²) >= 11 is 1.76. The predicted octanol–water partition coefficient (Wildman–Crippen LogP) is 3.19. The van der Waals surface area contributed by atoms with Crippen molar-refractivity contribution in [3.8, 4) is 10.4 Å². The molecule has 0 unspecified atom stereocenters. The maximum atomic E-state index is 5.70. The maximum Gasteiger partial charge on any atom is 0.121 e. The number of fused-ring (bicyclic) bond motifs is 1. The molecule has 0 saturated carbocycles. The lowest BCUT2D eigenvalue weighted by Crippen LogP contribution is -1.87. The molecule has 17 heavy (non-hydrogen) atoms. The van der Waals surface area contributed by atoms with Crippen LogP contribution in [0.25, 0.3) is 20.7 Å². The zero-order chi connectivity index (χ0) is 12.0. The molecule has 0 bridgehead atoms. The zero-order valence-corrected chi connectivity index (χ0v) is 10.6. The SMILES string of the molecule is Cc1nn(C)c2sc(-c3ccc(N)cc3)cc12. The van der Waals surface area contributed by atoms with E-state index >= 15 is 0 Å². The van der Waals surface area contributed by atoms with Crippen molar-refractivity contribution in [2.75, 3.05) is 5.73 Å². The molecule has 0 atom stereocenters. The number of benzene rings is 1. The van der Waals surface area contributed by atoms with Crippen LogP contribution >= 0.6 is 11.3 Å². The fraction of sp³-hybridized carbons (Fsp3) is 0.154. The van der Waals surface area contributed by atoms with Gasteiger partial charge in [0.1, 0.15) is 4.83 Å². The number of aromatic nitrogens is 2. The highest BCUT2D eigenvalue weighted by Gasteiger charge is 2.10. The third-order valence-electron chi connectivity index (χ3n) is 2.89. The van der Waals surface area contributed by atoms with Crippen molar-refractivity contribution in [1.29, 1.82) is 0 Å². The average Bonchev–Trinajstić information content (AvgIpc) is 2.83. The first-order chi connectivity index (χ1) is 8.15. The first kappa shape index (κ1) is 10.4. The average molecular weight is 243 g/mol. The van der Waals surface area contributed by atoms with Crippen molar-refractivity contribution in [3.63, 3.8) is 0 Å². The Morgan fingerprint density at radius 3 is 2.59 bits per heavy atom. The van der Waals surface area contributed by atoms with Crippen LogP contribution in [0.15, 0.2) is 30.3 Å². The van der Waals surface area contributed by atoms with Gasteiger partial charge in [0.25, 0.3) is 0 Å². The van der Waals surface area contributed by atoms with E-state index in [-0.39, 0.29) is 0 Å². The summed E-state index contributed by atoms with van der Waals surface area (Å²) in [6.45, 7) is 2.04. The van der Waals surface area contributed by atoms with E-state index in [0.29, 0.717) is 0 Å². The lowest BCUT2D eigenvalue weighted by Gasteiger charge is -1.97. The van der Waals surface area contributed by atoms with Crippen molar-refractivity contribution in [3.05, 3.63) is 36.0 Å². The molecule has 0 aliphatic carbocycles.